The van der Waals surface area contributed by atoms with Gasteiger partial charge in [0.25, 0.3) is 0 Å². The summed E-state index contributed by atoms with van der Waals surface area (Å²) in [6.07, 6.45) is 0.964. The topological polar surface area (TPSA) is 58.4 Å². The number of carbonyl (C=O) groups excluding carboxylic acids is 1. The standard InChI is InChI=1S/C17H18ClN3O/c1-11-8-12-4-2-3-5-16(12)21(11)10-17(22)20-15-7-6-13(19)9-14(15)18/h2-7,9,11H,8,10,19H2,1H3,(H,20,22). The minimum atomic E-state index is -0.0878. The molecule has 0 spiro atoms. The summed E-state index contributed by atoms with van der Waals surface area (Å²) in [6.45, 7) is 2.43. The predicted molar refractivity (Wildman–Crippen MR) is 91.4 cm³/mol. The van der Waals surface area contributed by atoms with Crippen LogP contribution in [0.15, 0.2) is 42.5 Å². The summed E-state index contributed by atoms with van der Waals surface area (Å²) in [6, 6.07) is 13.6. The van der Waals surface area contributed by atoms with Gasteiger partial charge in [0, 0.05) is 17.4 Å². The van der Waals surface area contributed by atoms with E-state index in [2.05, 4.69) is 29.3 Å². The Hall–Kier alpha value is -2.20. The van der Waals surface area contributed by atoms with Gasteiger partial charge in [-0.2, -0.15) is 0 Å². The second kappa shape index (κ2) is 5.89. The lowest BCUT2D eigenvalue weighted by atomic mass is 10.1. The summed E-state index contributed by atoms with van der Waals surface area (Å²) in [7, 11) is 0. The van der Waals surface area contributed by atoms with Crippen LogP contribution in [0.1, 0.15) is 12.5 Å². The van der Waals surface area contributed by atoms with Crippen LogP contribution in [-0.2, 0) is 11.2 Å². The maximum atomic E-state index is 12.3. The Kier molecular flexibility index (Phi) is 3.94. The van der Waals surface area contributed by atoms with Crippen molar-refractivity contribution in [2.75, 3.05) is 22.5 Å². The van der Waals surface area contributed by atoms with Crippen LogP contribution in [0.4, 0.5) is 17.1 Å². The molecule has 1 heterocycles. The van der Waals surface area contributed by atoms with Crippen LogP contribution in [0, 0.1) is 0 Å². The van der Waals surface area contributed by atoms with Crippen molar-refractivity contribution in [2.24, 2.45) is 0 Å². The van der Waals surface area contributed by atoms with Crippen LogP contribution in [0.3, 0.4) is 0 Å². The number of benzene rings is 2. The number of nitrogen functional groups attached to an aromatic ring is 1. The van der Waals surface area contributed by atoms with E-state index in [1.165, 1.54) is 5.56 Å². The summed E-state index contributed by atoms with van der Waals surface area (Å²) in [5, 5.41) is 3.29. The Morgan fingerprint density at radius 1 is 1.36 bits per heavy atom. The number of amides is 1. The number of nitrogens with two attached hydrogens (primary N) is 1. The molecule has 1 aliphatic rings. The molecule has 4 nitrogen and oxygen atoms in total. The van der Waals surface area contributed by atoms with Crippen LogP contribution >= 0.6 is 11.6 Å². The molecule has 0 aliphatic carbocycles. The number of halogens is 1. The molecule has 0 saturated carbocycles. The fraction of sp³-hybridized carbons (Fsp3) is 0.235. The van der Waals surface area contributed by atoms with Crippen LogP contribution in [-0.4, -0.2) is 18.5 Å². The van der Waals surface area contributed by atoms with Gasteiger partial charge in [-0.3, -0.25) is 4.79 Å². The number of hydrogen-bond acceptors (Lipinski definition) is 3. The molecule has 0 radical (unpaired) electrons. The van der Waals surface area contributed by atoms with Crippen molar-refractivity contribution < 1.29 is 4.79 Å². The Labute approximate surface area is 134 Å². The van der Waals surface area contributed by atoms with Crippen LogP contribution in [0.5, 0.6) is 0 Å². The predicted octanol–water partition coefficient (Wildman–Crippen LogP) is 3.31. The molecule has 22 heavy (non-hydrogen) atoms. The molecule has 3 N–H and O–H groups in total. The summed E-state index contributed by atoms with van der Waals surface area (Å²) in [5.41, 5.74) is 9.23. The number of hydrogen-bond donors (Lipinski definition) is 2. The van der Waals surface area contributed by atoms with E-state index in [1.54, 1.807) is 18.2 Å². The van der Waals surface area contributed by atoms with Crippen molar-refractivity contribution in [3.63, 3.8) is 0 Å². The van der Waals surface area contributed by atoms with Gasteiger partial charge in [-0.25, -0.2) is 0 Å². The fourth-order valence-corrected chi connectivity index (χ4v) is 3.08. The van der Waals surface area contributed by atoms with Gasteiger partial charge in [0.15, 0.2) is 0 Å². The Balaban J connectivity index is 1.72. The largest absolute Gasteiger partial charge is 0.399 e. The molecule has 2 aromatic carbocycles. The first-order chi connectivity index (χ1) is 10.5. The smallest absolute Gasteiger partial charge is 0.243 e. The molecule has 3 rings (SSSR count). The normalized spacial score (nSPS) is 16.5. The van der Waals surface area contributed by atoms with Gasteiger partial charge < -0.3 is 16.0 Å². The van der Waals surface area contributed by atoms with Crippen molar-refractivity contribution in [2.45, 2.75) is 19.4 Å². The van der Waals surface area contributed by atoms with Gasteiger partial charge in [0.2, 0.25) is 5.91 Å². The lowest BCUT2D eigenvalue weighted by molar-refractivity contribution is -0.115. The van der Waals surface area contributed by atoms with E-state index in [4.69, 9.17) is 17.3 Å². The molecule has 2 aromatic rings. The Morgan fingerprint density at radius 2 is 2.14 bits per heavy atom. The van der Waals surface area contributed by atoms with E-state index >= 15 is 0 Å². The lowest BCUT2D eigenvalue weighted by Crippen LogP contribution is -2.37. The van der Waals surface area contributed by atoms with Gasteiger partial charge in [-0.15, -0.1) is 0 Å². The first-order valence-electron chi connectivity index (χ1n) is 7.24. The molecule has 1 amide bonds. The van der Waals surface area contributed by atoms with Crippen molar-refractivity contribution in [1.29, 1.82) is 0 Å². The van der Waals surface area contributed by atoms with E-state index in [0.717, 1.165) is 12.1 Å². The molecule has 1 unspecified atom stereocenters. The van der Waals surface area contributed by atoms with Crippen molar-refractivity contribution in [3.05, 3.63) is 53.1 Å². The number of nitrogens with zero attached hydrogens (tertiary/aromatic N) is 1. The molecule has 0 fully saturated rings. The number of nitrogens with one attached hydrogen (secondary N) is 1. The maximum absolute atomic E-state index is 12.3. The van der Waals surface area contributed by atoms with Crippen molar-refractivity contribution >= 4 is 34.6 Å². The van der Waals surface area contributed by atoms with Gasteiger partial charge in [0.1, 0.15) is 0 Å². The fourth-order valence-electron chi connectivity index (χ4n) is 2.85. The monoisotopic (exact) mass is 315 g/mol. The average molecular weight is 316 g/mol. The minimum Gasteiger partial charge on any atom is -0.399 e. The third kappa shape index (κ3) is 2.88. The second-order valence-electron chi connectivity index (χ2n) is 5.60. The molecule has 1 atom stereocenters. The third-order valence-electron chi connectivity index (χ3n) is 3.93. The van der Waals surface area contributed by atoms with Crippen molar-refractivity contribution in [1.82, 2.24) is 0 Å². The van der Waals surface area contributed by atoms with Crippen LogP contribution in [0.25, 0.3) is 0 Å². The molecule has 114 valence electrons. The molecular weight excluding hydrogens is 298 g/mol. The zero-order valence-corrected chi connectivity index (χ0v) is 13.1. The van der Waals surface area contributed by atoms with E-state index in [0.29, 0.717) is 29.0 Å². The van der Waals surface area contributed by atoms with Crippen LogP contribution in [0.2, 0.25) is 5.02 Å². The highest BCUT2D eigenvalue weighted by atomic mass is 35.5. The molecular formula is C17H18ClN3O. The van der Waals surface area contributed by atoms with Crippen molar-refractivity contribution in [3.8, 4) is 0 Å². The zero-order valence-electron chi connectivity index (χ0n) is 12.3. The maximum Gasteiger partial charge on any atom is 0.243 e. The Bertz CT molecular complexity index is 717. The number of para-hydroxylation sites is 1. The van der Waals surface area contributed by atoms with Gasteiger partial charge in [0.05, 0.1) is 17.3 Å². The SMILES string of the molecule is CC1Cc2ccccc2N1CC(=O)Nc1ccc(N)cc1Cl. The Morgan fingerprint density at radius 3 is 2.91 bits per heavy atom. The van der Waals surface area contributed by atoms with Gasteiger partial charge in [-0.1, -0.05) is 29.8 Å². The second-order valence-corrected chi connectivity index (χ2v) is 6.00. The molecule has 1 aliphatic heterocycles. The molecule has 0 aromatic heterocycles. The highest BCUT2D eigenvalue weighted by Crippen LogP contribution is 2.31. The van der Waals surface area contributed by atoms with E-state index < -0.39 is 0 Å². The summed E-state index contributed by atoms with van der Waals surface area (Å²) < 4.78 is 0. The van der Waals surface area contributed by atoms with Crippen LogP contribution < -0.4 is 16.0 Å². The highest BCUT2D eigenvalue weighted by Gasteiger charge is 2.27. The minimum absolute atomic E-state index is 0.0878. The lowest BCUT2D eigenvalue weighted by Gasteiger charge is -2.24. The van der Waals surface area contributed by atoms with Gasteiger partial charge >= 0.3 is 0 Å². The zero-order chi connectivity index (χ0) is 15.7. The van der Waals surface area contributed by atoms with E-state index in [9.17, 15) is 4.79 Å². The third-order valence-corrected chi connectivity index (χ3v) is 4.24. The quantitative estimate of drug-likeness (QED) is 0.854. The number of carbonyl (C=O) groups is 1. The highest BCUT2D eigenvalue weighted by molar-refractivity contribution is 6.34. The molecule has 0 bridgehead atoms. The first-order valence-corrected chi connectivity index (χ1v) is 7.62. The molecule has 5 heteroatoms. The van der Waals surface area contributed by atoms with E-state index in [1.807, 2.05) is 12.1 Å². The first kappa shape index (κ1) is 14.7. The summed E-state index contributed by atoms with van der Waals surface area (Å²) in [5.74, 6) is -0.0878. The number of fused-ring (bicyclic) bond motifs is 1. The van der Waals surface area contributed by atoms with E-state index in [-0.39, 0.29) is 5.91 Å². The average Bonchev–Trinajstić information content (AvgIpc) is 2.78. The van der Waals surface area contributed by atoms with Gasteiger partial charge in [-0.05, 0) is 43.2 Å². The summed E-state index contributed by atoms with van der Waals surface area (Å²) >= 11 is 6.09. The molecule has 0 saturated heterocycles. The summed E-state index contributed by atoms with van der Waals surface area (Å²) in [4.78, 5) is 14.4. The number of rotatable bonds is 3. The number of anilines is 3.